The molecule has 0 unspecified atom stereocenters. The van der Waals surface area contributed by atoms with Crippen LogP contribution in [-0.4, -0.2) is 11.9 Å². The first-order valence-corrected chi connectivity index (χ1v) is 7.70. The van der Waals surface area contributed by atoms with E-state index in [0.29, 0.717) is 11.5 Å². The van der Waals surface area contributed by atoms with Crippen molar-refractivity contribution in [3.63, 3.8) is 0 Å². The summed E-state index contributed by atoms with van der Waals surface area (Å²) in [5.74, 6) is 1.88. The molecule has 3 aliphatic carbocycles. The fourth-order valence-corrected chi connectivity index (χ4v) is 4.04. The predicted octanol–water partition coefficient (Wildman–Crippen LogP) is 3.77. The number of amides is 1. The molecule has 3 heteroatoms. The van der Waals surface area contributed by atoms with E-state index in [1.807, 2.05) is 0 Å². The minimum Gasteiger partial charge on any atom is -0.349 e. The van der Waals surface area contributed by atoms with Crippen LogP contribution in [0.5, 0.6) is 0 Å². The van der Waals surface area contributed by atoms with E-state index in [1.165, 1.54) is 44.2 Å². The molecule has 4 rings (SSSR count). The molecule has 0 aromatic heterocycles. The first kappa shape index (κ1) is 13.6. The lowest BCUT2D eigenvalue weighted by atomic mass is 9.63. The van der Waals surface area contributed by atoms with Crippen LogP contribution in [0.4, 0.5) is 4.39 Å². The first-order chi connectivity index (χ1) is 9.63. The van der Waals surface area contributed by atoms with Crippen molar-refractivity contribution in [2.24, 2.45) is 17.8 Å². The van der Waals surface area contributed by atoms with Gasteiger partial charge in [0.05, 0.1) is 0 Å². The smallest absolute Gasteiger partial charge is 0.251 e. The summed E-state index contributed by atoms with van der Waals surface area (Å²) in [6, 6.07) is 5.97. The van der Waals surface area contributed by atoms with Crippen molar-refractivity contribution in [2.45, 2.75) is 45.1 Å². The van der Waals surface area contributed by atoms with Crippen molar-refractivity contribution in [3.8, 4) is 0 Å². The number of carbonyl (C=O) groups excluding carboxylic acids is 1. The first-order valence-electron chi connectivity index (χ1n) is 7.70. The molecule has 0 aliphatic heterocycles. The Hall–Kier alpha value is -1.38. The van der Waals surface area contributed by atoms with Gasteiger partial charge in [-0.05, 0) is 68.2 Å². The largest absolute Gasteiger partial charge is 0.349 e. The van der Waals surface area contributed by atoms with Crippen LogP contribution in [0, 0.1) is 23.6 Å². The Morgan fingerprint density at radius 1 is 1.20 bits per heavy atom. The molecular formula is C17H22FNO. The summed E-state index contributed by atoms with van der Waals surface area (Å²) in [5, 5.41) is 3.11. The Morgan fingerprint density at radius 2 is 1.85 bits per heavy atom. The van der Waals surface area contributed by atoms with Crippen molar-refractivity contribution < 1.29 is 9.18 Å². The quantitative estimate of drug-likeness (QED) is 0.894. The van der Waals surface area contributed by atoms with Gasteiger partial charge >= 0.3 is 0 Å². The molecule has 20 heavy (non-hydrogen) atoms. The fourth-order valence-electron chi connectivity index (χ4n) is 4.04. The van der Waals surface area contributed by atoms with Crippen LogP contribution in [0.1, 0.15) is 49.4 Å². The Labute approximate surface area is 119 Å². The zero-order valence-electron chi connectivity index (χ0n) is 11.9. The van der Waals surface area contributed by atoms with Gasteiger partial charge < -0.3 is 5.32 Å². The summed E-state index contributed by atoms with van der Waals surface area (Å²) in [6.45, 7) is 2.12. The van der Waals surface area contributed by atoms with E-state index in [9.17, 15) is 9.18 Å². The molecular weight excluding hydrogens is 253 g/mol. The second-order valence-corrected chi connectivity index (χ2v) is 6.45. The average molecular weight is 275 g/mol. The van der Waals surface area contributed by atoms with Crippen molar-refractivity contribution in [3.05, 3.63) is 35.6 Å². The van der Waals surface area contributed by atoms with Crippen LogP contribution in [0.15, 0.2) is 24.3 Å². The van der Waals surface area contributed by atoms with Crippen molar-refractivity contribution >= 4 is 5.91 Å². The maximum absolute atomic E-state index is 12.9. The summed E-state index contributed by atoms with van der Waals surface area (Å²) in [4.78, 5) is 12.2. The van der Waals surface area contributed by atoms with E-state index in [0.717, 1.165) is 11.8 Å². The molecule has 108 valence electrons. The van der Waals surface area contributed by atoms with Crippen LogP contribution in [-0.2, 0) is 0 Å². The molecule has 2 bridgehead atoms. The Morgan fingerprint density at radius 3 is 2.40 bits per heavy atom. The van der Waals surface area contributed by atoms with Crippen LogP contribution in [0.2, 0.25) is 0 Å². The maximum atomic E-state index is 12.9. The average Bonchev–Trinajstić information content (AvgIpc) is 2.49. The van der Waals surface area contributed by atoms with Crippen molar-refractivity contribution in [2.75, 3.05) is 0 Å². The topological polar surface area (TPSA) is 29.1 Å². The van der Waals surface area contributed by atoms with Gasteiger partial charge in [0, 0.05) is 11.6 Å². The lowest BCUT2D eigenvalue weighted by molar-refractivity contribution is 0.0669. The molecule has 0 radical (unpaired) electrons. The third-order valence-corrected chi connectivity index (χ3v) is 5.21. The maximum Gasteiger partial charge on any atom is 0.251 e. The van der Waals surface area contributed by atoms with Gasteiger partial charge in [0.2, 0.25) is 0 Å². The molecule has 3 aliphatic rings. The third-order valence-electron chi connectivity index (χ3n) is 5.21. The summed E-state index contributed by atoms with van der Waals surface area (Å²) in [7, 11) is 0. The zero-order chi connectivity index (χ0) is 14.1. The molecule has 1 N–H and O–H groups in total. The van der Waals surface area contributed by atoms with Crippen LogP contribution in [0.3, 0.4) is 0 Å². The Balaban J connectivity index is 1.62. The molecule has 3 saturated carbocycles. The minimum absolute atomic E-state index is 0.0843. The minimum atomic E-state index is -0.306. The zero-order valence-corrected chi connectivity index (χ0v) is 11.9. The van der Waals surface area contributed by atoms with Gasteiger partial charge in [-0.3, -0.25) is 4.79 Å². The van der Waals surface area contributed by atoms with Gasteiger partial charge in [-0.25, -0.2) is 4.39 Å². The molecule has 0 heterocycles. The molecule has 2 nitrogen and oxygen atoms in total. The lowest BCUT2D eigenvalue weighted by Crippen LogP contribution is -2.45. The number of rotatable bonds is 3. The van der Waals surface area contributed by atoms with E-state index < -0.39 is 0 Å². The van der Waals surface area contributed by atoms with Crippen molar-refractivity contribution in [1.82, 2.24) is 5.32 Å². The third kappa shape index (κ3) is 2.72. The Kier molecular flexibility index (Phi) is 3.77. The molecule has 0 saturated heterocycles. The number of benzene rings is 1. The number of carbonyl (C=O) groups is 1. The van der Waals surface area contributed by atoms with Gasteiger partial charge in [-0.2, -0.15) is 0 Å². The molecule has 3 fully saturated rings. The summed E-state index contributed by atoms with van der Waals surface area (Å²) in [5.41, 5.74) is 0.541. The van der Waals surface area contributed by atoms with E-state index in [-0.39, 0.29) is 17.8 Å². The molecule has 2 atom stereocenters. The molecule has 1 aromatic carbocycles. The van der Waals surface area contributed by atoms with E-state index >= 15 is 0 Å². The molecule has 1 amide bonds. The summed E-state index contributed by atoms with van der Waals surface area (Å²) in [6.07, 6.45) is 6.66. The van der Waals surface area contributed by atoms with E-state index in [2.05, 4.69) is 12.2 Å². The van der Waals surface area contributed by atoms with Crippen LogP contribution >= 0.6 is 0 Å². The highest BCUT2D eigenvalue weighted by Crippen LogP contribution is 2.46. The standard InChI is InChI=1S/C17H22FNO/c1-11(16-10-12-2-4-13(16)5-3-12)19-17(20)14-6-8-15(18)9-7-14/h6-9,11-13,16H,2-5,10H2,1H3,(H,19,20)/t11-,12?,13?,16-/m1/s1. The number of halogens is 1. The van der Waals surface area contributed by atoms with E-state index in [1.54, 1.807) is 12.1 Å². The molecule has 1 aromatic rings. The van der Waals surface area contributed by atoms with Crippen molar-refractivity contribution in [1.29, 1.82) is 0 Å². The normalized spacial score (nSPS) is 30.0. The highest BCUT2D eigenvalue weighted by molar-refractivity contribution is 5.94. The van der Waals surface area contributed by atoms with Gasteiger partial charge in [-0.1, -0.05) is 12.8 Å². The predicted molar refractivity (Wildman–Crippen MR) is 76.9 cm³/mol. The monoisotopic (exact) mass is 275 g/mol. The summed E-state index contributed by atoms with van der Waals surface area (Å²) >= 11 is 0. The lowest BCUT2D eigenvalue weighted by Gasteiger charge is -2.45. The van der Waals surface area contributed by atoms with Gasteiger partial charge in [0.1, 0.15) is 5.82 Å². The summed E-state index contributed by atoms with van der Waals surface area (Å²) < 4.78 is 12.9. The number of nitrogens with one attached hydrogen (secondary N) is 1. The highest BCUT2D eigenvalue weighted by atomic mass is 19.1. The second kappa shape index (κ2) is 5.55. The van der Waals surface area contributed by atoms with Crippen LogP contribution < -0.4 is 5.32 Å². The SMILES string of the molecule is C[C@@H](NC(=O)c1ccc(F)cc1)[C@H]1CC2CCC1CC2. The van der Waals surface area contributed by atoms with Gasteiger partial charge in [0.15, 0.2) is 0 Å². The van der Waals surface area contributed by atoms with E-state index in [4.69, 9.17) is 0 Å². The molecule has 0 spiro atoms. The van der Waals surface area contributed by atoms with Crippen LogP contribution in [0.25, 0.3) is 0 Å². The number of hydrogen-bond acceptors (Lipinski definition) is 1. The highest BCUT2D eigenvalue weighted by Gasteiger charge is 2.38. The Bertz CT molecular complexity index is 476. The fraction of sp³-hybridized carbons (Fsp3) is 0.588. The second-order valence-electron chi connectivity index (χ2n) is 6.45. The van der Waals surface area contributed by atoms with Gasteiger partial charge in [-0.15, -0.1) is 0 Å². The number of fused-ring (bicyclic) bond motifs is 3. The number of hydrogen-bond donors (Lipinski definition) is 1. The van der Waals surface area contributed by atoms with Gasteiger partial charge in [0.25, 0.3) is 5.91 Å².